The highest BCUT2D eigenvalue weighted by Gasteiger charge is 2.34. The Labute approximate surface area is 108 Å². The SMILES string of the molecule is CCNCc1sc(C(OC)C2CC2)nc1CC. The van der Waals surface area contributed by atoms with Crippen molar-refractivity contribution in [2.75, 3.05) is 13.7 Å². The van der Waals surface area contributed by atoms with Crippen molar-refractivity contribution in [2.24, 2.45) is 5.92 Å². The monoisotopic (exact) mass is 254 g/mol. The molecule has 1 aromatic rings. The summed E-state index contributed by atoms with van der Waals surface area (Å²) in [6.45, 7) is 6.26. The Bertz CT molecular complexity index is 360. The highest BCUT2D eigenvalue weighted by Crippen LogP contribution is 2.44. The molecule has 1 N–H and O–H groups in total. The zero-order valence-electron chi connectivity index (χ0n) is 11.0. The summed E-state index contributed by atoms with van der Waals surface area (Å²) in [6.07, 6.45) is 3.84. The summed E-state index contributed by atoms with van der Waals surface area (Å²) < 4.78 is 5.61. The minimum atomic E-state index is 0.237. The Hall–Kier alpha value is -0.450. The van der Waals surface area contributed by atoms with E-state index in [-0.39, 0.29) is 6.10 Å². The van der Waals surface area contributed by atoms with Gasteiger partial charge in [0, 0.05) is 18.5 Å². The molecular formula is C13H22N2OS. The van der Waals surface area contributed by atoms with E-state index >= 15 is 0 Å². The molecule has 0 saturated heterocycles. The molecule has 0 amide bonds. The van der Waals surface area contributed by atoms with Crippen LogP contribution in [-0.2, 0) is 17.7 Å². The first-order valence-electron chi connectivity index (χ1n) is 6.52. The number of thiazole rings is 1. The van der Waals surface area contributed by atoms with Gasteiger partial charge in [-0.15, -0.1) is 11.3 Å². The van der Waals surface area contributed by atoms with Crippen molar-refractivity contribution in [3.63, 3.8) is 0 Å². The average Bonchev–Trinajstić information content (AvgIpc) is 3.08. The van der Waals surface area contributed by atoms with E-state index in [2.05, 4.69) is 19.2 Å². The van der Waals surface area contributed by atoms with E-state index in [9.17, 15) is 0 Å². The summed E-state index contributed by atoms with van der Waals surface area (Å²) in [5.74, 6) is 0.711. The number of aryl methyl sites for hydroxylation is 1. The topological polar surface area (TPSA) is 34.1 Å². The summed E-state index contributed by atoms with van der Waals surface area (Å²) in [5, 5.41) is 4.56. The lowest BCUT2D eigenvalue weighted by Gasteiger charge is -2.10. The lowest BCUT2D eigenvalue weighted by Crippen LogP contribution is -2.11. The fourth-order valence-corrected chi connectivity index (χ4v) is 3.37. The van der Waals surface area contributed by atoms with Gasteiger partial charge in [0.15, 0.2) is 0 Å². The summed E-state index contributed by atoms with van der Waals surface area (Å²) >= 11 is 1.83. The molecule has 1 unspecified atom stereocenters. The van der Waals surface area contributed by atoms with Gasteiger partial charge in [-0.25, -0.2) is 4.98 Å². The molecule has 96 valence electrons. The number of hydrogen-bond donors (Lipinski definition) is 1. The Morgan fingerprint density at radius 2 is 2.24 bits per heavy atom. The van der Waals surface area contributed by atoms with Crippen molar-refractivity contribution in [1.82, 2.24) is 10.3 Å². The van der Waals surface area contributed by atoms with Gasteiger partial charge >= 0.3 is 0 Å². The predicted molar refractivity (Wildman–Crippen MR) is 71.3 cm³/mol. The minimum absolute atomic E-state index is 0.237. The largest absolute Gasteiger partial charge is 0.374 e. The molecule has 2 rings (SSSR count). The molecule has 1 aromatic heterocycles. The number of ether oxygens (including phenoxy) is 1. The van der Waals surface area contributed by atoms with Crippen LogP contribution in [0, 0.1) is 5.92 Å². The molecule has 1 fully saturated rings. The first-order valence-corrected chi connectivity index (χ1v) is 7.33. The first kappa shape index (κ1) is 13.0. The van der Waals surface area contributed by atoms with Crippen LogP contribution in [-0.4, -0.2) is 18.6 Å². The highest BCUT2D eigenvalue weighted by atomic mass is 32.1. The maximum absolute atomic E-state index is 5.61. The second kappa shape index (κ2) is 5.94. The molecule has 4 heteroatoms. The zero-order chi connectivity index (χ0) is 12.3. The molecule has 1 atom stereocenters. The average molecular weight is 254 g/mol. The molecule has 3 nitrogen and oxygen atoms in total. The molecule has 1 aliphatic rings. The summed E-state index contributed by atoms with van der Waals surface area (Å²) in [4.78, 5) is 6.15. The fourth-order valence-electron chi connectivity index (χ4n) is 2.07. The van der Waals surface area contributed by atoms with Gasteiger partial charge in [-0.3, -0.25) is 0 Å². The predicted octanol–water partition coefficient (Wildman–Crippen LogP) is 2.91. The second-order valence-corrected chi connectivity index (χ2v) is 5.66. The van der Waals surface area contributed by atoms with E-state index in [1.165, 1.54) is 28.4 Å². The number of methoxy groups -OCH3 is 1. The van der Waals surface area contributed by atoms with Gasteiger partial charge in [-0.2, -0.15) is 0 Å². The maximum atomic E-state index is 5.61. The Balaban J connectivity index is 2.13. The van der Waals surface area contributed by atoms with Gasteiger partial charge in [0.05, 0.1) is 5.69 Å². The van der Waals surface area contributed by atoms with E-state index in [1.54, 1.807) is 7.11 Å². The van der Waals surface area contributed by atoms with Gasteiger partial charge in [-0.05, 0) is 31.7 Å². The molecule has 0 aliphatic heterocycles. The molecule has 0 spiro atoms. The van der Waals surface area contributed by atoms with Gasteiger partial charge in [0.1, 0.15) is 11.1 Å². The first-order chi connectivity index (χ1) is 8.30. The van der Waals surface area contributed by atoms with Crippen LogP contribution in [0.2, 0.25) is 0 Å². The van der Waals surface area contributed by atoms with Crippen LogP contribution in [0.15, 0.2) is 0 Å². The van der Waals surface area contributed by atoms with Gasteiger partial charge in [-0.1, -0.05) is 13.8 Å². The van der Waals surface area contributed by atoms with Gasteiger partial charge in [0.25, 0.3) is 0 Å². The lowest BCUT2D eigenvalue weighted by molar-refractivity contribution is 0.0842. The molecule has 1 heterocycles. The summed E-state index contributed by atoms with van der Waals surface area (Å²) in [7, 11) is 1.81. The molecule has 0 bridgehead atoms. The Kier molecular flexibility index (Phi) is 4.54. The number of aromatic nitrogens is 1. The normalized spacial score (nSPS) is 17.4. The van der Waals surface area contributed by atoms with Crippen LogP contribution in [0.25, 0.3) is 0 Å². The number of hydrogen-bond acceptors (Lipinski definition) is 4. The van der Waals surface area contributed by atoms with Crippen molar-refractivity contribution < 1.29 is 4.74 Å². The Morgan fingerprint density at radius 3 is 2.76 bits per heavy atom. The summed E-state index contributed by atoms with van der Waals surface area (Å²) in [6, 6.07) is 0. The third kappa shape index (κ3) is 3.06. The van der Waals surface area contributed by atoms with Crippen molar-refractivity contribution in [3.8, 4) is 0 Å². The third-order valence-corrected chi connectivity index (χ3v) is 4.37. The number of nitrogens with zero attached hydrogens (tertiary/aromatic N) is 1. The number of nitrogens with one attached hydrogen (secondary N) is 1. The van der Waals surface area contributed by atoms with Crippen molar-refractivity contribution in [1.29, 1.82) is 0 Å². The van der Waals surface area contributed by atoms with Crippen LogP contribution in [0.5, 0.6) is 0 Å². The van der Waals surface area contributed by atoms with E-state index in [0.717, 1.165) is 19.5 Å². The van der Waals surface area contributed by atoms with E-state index < -0.39 is 0 Å². The quantitative estimate of drug-likeness (QED) is 0.812. The molecule has 0 aromatic carbocycles. The molecule has 1 saturated carbocycles. The fraction of sp³-hybridized carbons (Fsp3) is 0.769. The summed E-state index contributed by atoms with van der Waals surface area (Å²) in [5.41, 5.74) is 1.24. The van der Waals surface area contributed by atoms with Crippen LogP contribution >= 0.6 is 11.3 Å². The van der Waals surface area contributed by atoms with E-state index in [4.69, 9.17) is 9.72 Å². The molecule has 0 radical (unpaired) electrons. The Morgan fingerprint density at radius 1 is 1.47 bits per heavy atom. The smallest absolute Gasteiger partial charge is 0.122 e. The zero-order valence-corrected chi connectivity index (χ0v) is 11.8. The molecule has 17 heavy (non-hydrogen) atoms. The van der Waals surface area contributed by atoms with Crippen LogP contribution < -0.4 is 5.32 Å². The lowest BCUT2D eigenvalue weighted by atomic mass is 10.2. The molecule has 1 aliphatic carbocycles. The van der Waals surface area contributed by atoms with Crippen LogP contribution in [0.4, 0.5) is 0 Å². The van der Waals surface area contributed by atoms with Crippen LogP contribution in [0.1, 0.15) is 48.4 Å². The van der Waals surface area contributed by atoms with Crippen molar-refractivity contribution in [3.05, 3.63) is 15.6 Å². The van der Waals surface area contributed by atoms with E-state index in [0.29, 0.717) is 5.92 Å². The highest BCUT2D eigenvalue weighted by molar-refractivity contribution is 7.11. The van der Waals surface area contributed by atoms with Crippen molar-refractivity contribution in [2.45, 2.75) is 45.8 Å². The van der Waals surface area contributed by atoms with Crippen LogP contribution in [0.3, 0.4) is 0 Å². The maximum Gasteiger partial charge on any atom is 0.122 e. The minimum Gasteiger partial charge on any atom is -0.374 e. The van der Waals surface area contributed by atoms with E-state index in [1.807, 2.05) is 11.3 Å². The van der Waals surface area contributed by atoms with Gasteiger partial charge < -0.3 is 10.1 Å². The van der Waals surface area contributed by atoms with Gasteiger partial charge in [0.2, 0.25) is 0 Å². The third-order valence-electron chi connectivity index (χ3n) is 3.21. The molecular weight excluding hydrogens is 232 g/mol. The van der Waals surface area contributed by atoms with Crippen molar-refractivity contribution >= 4 is 11.3 Å². The standard InChI is InChI=1S/C13H22N2OS/c1-4-10-11(8-14-5-2)17-13(15-10)12(16-3)9-6-7-9/h9,12,14H,4-8H2,1-3H3. The number of rotatable bonds is 7. The second-order valence-electron chi connectivity index (χ2n) is 4.55.